The number of hydrogen-bond donors (Lipinski definition) is 2. The molecule has 0 bridgehead atoms. The summed E-state index contributed by atoms with van der Waals surface area (Å²) < 4.78 is 0. The molecule has 1 aliphatic carbocycles. The maximum absolute atomic E-state index is 3.65. The van der Waals surface area contributed by atoms with Crippen LogP contribution >= 0.6 is 0 Å². The van der Waals surface area contributed by atoms with E-state index in [1.165, 1.54) is 38.8 Å². The molecule has 0 amide bonds. The van der Waals surface area contributed by atoms with Gasteiger partial charge in [0.2, 0.25) is 0 Å². The quantitative estimate of drug-likeness (QED) is 0.801. The van der Waals surface area contributed by atoms with Crippen molar-refractivity contribution in [1.29, 1.82) is 0 Å². The maximum Gasteiger partial charge on any atom is 0.00966 e. The van der Waals surface area contributed by atoms with Gasteiger partial charge in [-0.2, -0.15) is 0 Å². The topological polar surface area (TPSA) is 24.1 Å². The van der Waals surface area contributed by atoms with Gasteiger partial charge in [-0.1, -0.05) is 0 Å². The van der Waals surface area contributed by atoms with Crippen molar-refractivity contribution < 1.29 is 0 Å². The highest BCUT2D eigenvalue weighted by atomic mass is 15.0. The molecule has 1 saturated carbocycles. The maximum atomic E-state index is 3.65. The van der Waals surface area contributed by atoms with Crippen molar-refractivity contribution in [3.63, 3.8) is 0 Å². The van der Waals surface area contributed by atoms with Crippen molar-refractivity contribution in [2.75, 3.05) is 13.1 Å². The van der Waals surface area contributed by atoms with Crippen LogP contribution < -0.4 is 10.6 Å². The van der Waals surface area contributed by atoms with E-state index in [9.17, 15) is 0 Å². The van der Waals surface area contributed by atoms with Gasteiger partial charge in [0, 0.05) is 11.1 Å². The van der Waals surface area contributed by atoms with E-state index < -0.39 is 0 Å². The van der Waals surface area contributed by atoms with Crippen molar-refractivity contribution in [3.05, 3.63) is 0 Å². The SMILES string of the molecule is CC(C)(C)NCC1CCC(CNC(C)(C)C)CC1. The van der Waals surface area contributed by atoms with E-state index in [0.29, 0.717) is 0 Å². The molecule has 0 aliphatic heterocycles. The van der Waals surface area contributed by atoms with Crippen LogP contribution in [0.5, 0.6) is 0 Å². The molecule has 1 rings (SSSR count). The van der Waals surface area contributed by atoms with Crippen molar-refractivity contribution in [1.82, 2.24) is 10.6 Å². The molecule has 0 aromatic carbocycles. The third kappa shape index (κ3) is 7.38. The second-order valence-electron chi connectivity index (χ2n) is 8.15. The minimum atomic E-state index is 0.268. The average molecular weight is 254 g/mol. The zero-order chi connectivity index (χ0) is 13.8. The molecule has 18 heavy (non-hydrogen) atoms. The summed E-state index contributed by atoms with van der Waals surface area (Å²) in [5.74, 6) is 1.80. The summed E-state index contributed by atoms with van der Waals surface area (Å²) in [5.41, 5.74) is 0.537. The summed E-state index contributed by atoms with van der Waals surface area (Å²) in [7, 11) is 0. The van der Waals surface area contributed by atoms with Crippen LogP contribution in [0.2, 0.25) is 0 Å². The summed E-state index contributed by atoms with van der Waals surface area (Å²) in [6, 6.07) is 0. The molecule has 0 unspecified atom stereocenters. The molecule has 1 fully saturated rings. The van der Waals surface area contributed by atoms with Gasteiger partial charge in [-0.25, -0.2) is 0 Å². The Morgan fingerprint density at radius 1 is 0.667 bits per heavy atom. The fraction of sp³-hybridized carbons (Fsp3) is 1.00. The lowest BCUT2D eigenvalue weighted by molar-refractivity contribution is 0.235. The molecule has 108 valence electrons. The lowest BCUT2D eigenvalue weighted by Crippen LogP contribution is -2.42. The number of hydrogen-bond acceptors (Lipinski definition) is 2. The summed E-state index contributed by atoms with van der Waals surface area (Å²) in [4.78, 5) is 0. The first-order valence-electron chi connectivity index (χ1n) is 7.66. The molecule has 2 N–H and O–H groups in total. The summed E-state index contributed by atoms with van der Waals surface area (Å²) in [6.45, 7) is 15.9. The van der Waals surface area contributed by atoms with Crippen molar-refractivity contribution >= 4 is 0 Å². The van der Waals surface area contributed by atoms with E-state index in [2.05, 4.69) is 52.2 Å². The second kappa shape index (κ2) is 6.38. The van der Waals surface area contributed by atoms with Gasteiger partial charge < -0.3 is 10.6 Å². The standard InChI is InChI=1S/C16H34N2/c1-15(2,3)17-11-13-7-9-14(10-8-13)12-18-16(4,5)6/h13-14,17-18H,7-12H2,1-6H3. The monoisotopic (exact) mass is 254 g/mol. The fourth-order valence-corrected chi connectivity index (χ4v) is 2.54. The highest BCUT2D eigenvalue weighted by Gasteiger charge is 2.23. The molecule has 2 nitrogen and oxygen atoms in total. The fourth-order valence-electron chi connectivity index (χ4n) is 2.54. The van der Waals surface area contributed by atoms with E-state index in [0.717, 1.165) is 11.8 Å². The molecule has 0 aromatic heterocycles. The van der Waals surface area contributed by atoms with Gasteiger partial charge in [0.25, 0.3) is 0 Å². The van der Waals surface area contributed by atoms with Crippen LogP contribution in [0.4, 0.5) is 0 Å². The normalized spacial score (nSPS) is 26.3. The first-order valence-corrected chi connectivity index (χ1v) is 7.66. The predicted octanol–water partition coefficient (Wildman–Crippen LogP) is 3.57. The van der Waals surface area contributed by atoms with Gasteiger partial charge in [-0.3, -0.25) is 0 Å². The summed E-state index contributed by atoms with van der Waals surface area (Å²) in [6.07, 6.45) is 5.61. The van der Waals surface area contributed by atoms with Crippen LogP contribution in [0.3, 0.4) is 0 Å². The molecular weight excluding hydrogens is 220 g/mol. The number of nitrogens with one attached hydrogen (secondary N) is 2. The average Bonchev–Trinajstić information content (AvgIpc) is 2.23. The first kappa shape index (κ1) is 16.0. The lowest BCUT2D eigenvalue weighted by atomic mass is 9.81. The van der Waals surface area contributed by atoms with Gasteiger partial charge in [0.15, 0.2) is 0 Å². The van der Waals surface area contributed by atoms with Crippen molar-refractivity contribution in [2.24, 2.45) is 11.8 Å². The highest BCUT2D eigenvalue weighted by molar-refractivity contribution is 4.80. The number of rotatable bonds is 4. The Bertz CT molecular complexity index is 200. The zero-order valence-electron chi connectivity index (χ0n) is 13.4. The van der Waals surface area contributed by atoms with Crippen molar-refractivity contribution in [3.8, 4) is 0 Å². The Kier molecular flexibility index (Phi) is 5.67. The van der Waals surface area contributed by atoms with Crippen LogP contribution in [0.1, 0.15) is 67.2 Å². The first-order chi connectivity index (χ1) is 8.16. The highest BCUT2D eigenvalue weighted by Crippen LogP contribution is 2.28. The Morgan fingerprint density at radius 3 is 1.17 bits per heavy atom. The smallest absolute Gasteiger partial charge is 0.00966 e. The second-order valence-corrected chi connectivity index (χ2v) is 8.15. The Morgan fingerprint density at radius 2 is 0.944 bits per heavy atom. The minimum absolute atomic E-state index is 0.268. The molecule has 2 heteroatoms. The molecule has 0 atom stereocenters. The Hall–Kier alpha value is -0.0800. The van der Waals surface area contributed by atoms with Crippen LogP contribution in [0, 0.1) is 11.8 Å². The molecule has 0 heterocycles. The van der Waals surface area contributed by atoms with E-state index >= 15 is 0 Å². The largest absolute Gasteiger partial charge is 0.312 e. The van der Waals surface area contributed by atoms with Crippen LogP contribution in [-0.2, 0) is 0 Å². The van der Waals surface area contributed by atoms with E-state index in [1.54, 1.807) is 0 Å². The molecule has 0 aromatic rings. The van der Waals surface area contributed by atoms with E-state index in [4.69, 9.17) is 0 Å². The summed E-state index contributed by atoms with van der Waals surface area (Å²) in [5, 5.41) is 7.29. The van der Waals surface area contributed by atoms with Crippen LogP contribution in [-0.4, -0.2) is 24.2 Å². The van der Waals surface area contributed by atoms with Gasteiger partial charge >= 0.3 is 0 Å². The molecule has 0 spiro atoms. The molecular formula is C16H34N2. The summed E-state index contributed by atoms with van der Waals surface area (Å²) >= 11 is 0. The van der Waals surface area contributed by atoms with E-state index in [1.807, 2.05) is 0 Å². The van der Waals surface area contributed by atoms with Gasteiger partial charge in [0.1, 0.15) is 0 Å². The van der Waals surface area contributed by atoms with E-state index in [-0.39, 0.29) is 11.1 Å². The molecule has 0 radical (unpaired) electrons. The molecule has 0 saturated heterocycles. The third-order valence-electron chi connectivity index (χ3n) is 3.81. The third-order valence-corrected chi connectivity index (χ3v) is 3.81. The predicted molar refractivity (Wildman–Crippen MR) is 81.0 cm³/mol. The minimum Gasteiger partial charge on any atom is -0.312 e. The van der Waals surface area contributed by atoms with Gasteiger partial charge in [0.05, 0.1) is 0 Å². The van der Waals surface area contributed by atoms with Gasteiger partial charge in [-0.05, 0) is 92.2 Å². The van der Waals surface area contributed by atoms with Crippen LogP contribution in [0.15, 0.2) is 0 Å². The van der Waals surface area contributed by atoms with Crippen LogP contribution in [0.25, 0.3) is 0 Å². The molecule has 1 aliphatic rings. The zero-order valence-corrected chi connectivity index (χ0v) is 13.4. The lowest BCUT2D eigenvalue weighted by Gasteiger charge is -2.33. The Balaban J connectivity index is 2.17. The van der Waals surface area contributed by atoms with Crippen molar-refractivity contribution in [2.45, 2.75) is 78.3 Å². The van der Waals surface area contributed by atoms with Gasteiger partial charge in [-0.15, -0.1) is 0 Å². The Labute approximate surface area is 114 Å².